The van der Waals surface area contributed by atoms with E-state index in [-0.39, 0.29) is 5.56 Å². The second-order valence-corrected chi connectivity index (χ2v) is 5.47. The van der Waals surface area contributed by atoms with E-state index in [1.54, 1.807) is 11.9 Å². The number of amides is 1. The number of pyridine rings is 1. The predicted octanol–water partition coefficient (Wildman–Crippen LogP) is 4.52. The van der Waals surface area contributed by atoms with E-state index < -0.39 is 29.0 Å². The van der Waals surface area contributed by atoms with Gasteiger partial charge in [0.05, 0.1) is 5.69 Å². The van der Waals surface area contributed by atoms with Crippen LogP contribution in [0.3, 0.4) is 0 Å². The highest BCUT2D eigenvalue weighted by Crippen LogP contribution is 2.23. The maximum Gasteiger partial charge on any atom is 0.255 e. The molecule has 3 aromatic rings. The molecule has 0 atom stereocenters. The first-order valence-electron chi connectivity index (χ1n) is 7.67. The monoisotopic (exact) mass is 357 g/mol. The number of hydrogen-bond donors (Lipinski definition) is 1. The number of nitrogens with one attached hydrogen (secondary N) is 1. The molecule has 0 radical (unpaired) electrons. The quantitative estimate of drug-likeness (QED) is 0.699. The second kappa shape index (κ2) is 7.26. The summed E-state index contributed by atoms with van der Waals surface area (Å²) in [7, 11) is 1.79. The Morgan fingerprint density at radius 3 is 2.46 bits per heavy atom. The van der Waals surface area contributed by atoms with Gasteiger partial charge in [-0.3, -0.25) is 4.79 Å². The van der Waals surface area contributed by atoms with Gasteiger partial charge in [0.25, 0.3) is 5.91 Å². The summed E-state index contributed by atoms with van der Waals surface area (Å²) in [4.78, 5) is 18.3. The molecule has 0 aliphatic rings. The van der Waals surface area contributed by atoms with Crippen LogP contribution in [0, 0.1) is 17.5 Å². The molecule has 1 N–H and O–H groups in total. The highest BCUT2D eigenvalue weighted by Gasteiger charge is 2.17. The minimum absolute atomic E-state index is 0.196. The van der Waals surface area contributed by atoms with E-state index in [2.05, 4.69) is 10.3 Å². The van der Waals surface area contributed by atoms with E-state index in [0.717, 1.165) is 17.8 Å². The number of aromatic nitrogens is 1. The summed E-state index contributed by atoms with van der Waals surface area (Å²) in [5, 5.41) is 2.23. The first-order valence-corrected chi connectivity index (χ1v) is 7.67. The highest BCUT2D eigenvalue weighted by molar-refractivity contribution is 6.04. The van der Waals surface area contributed by atoms with Gasteiger partial charge in [-0.25, -0.2) is 18.2 Å². The average Bonchev–Trinajstić information content (AvgIpc) is 2.68. The topological polar surface area (TPSA) is 45.2 Å². The predicted molar refractivity (Wildman–Crippen MR) is 93.0 cm³/mol. The Bertz CT molecular complexity index is 948. The lowest BCUT2D eigenvalue weighted by Crippen LogP contribution is -2.16. The van der Waals surface area contributed by atoms with Crippen molar-refractivity contribution >= 4 is 23.1 Å². The molecule has 0 saturated carbocycles. The number of para-hydroxylation sites is 1. The molecule has 3 rings (SSSR count). The number of halogens is 3. The second-order valence-electron chi connectivity index (χ2n) is 5.47. The molecule has 132 valence electrons. The molecule has 0 aliphatic heterocycles. The van der Waals surface area contributed by atoms with Crippen molar-refractivity contribution in [3.05, 3.63) is 83.8 Å². The third-order valence-corrected chi connectivity index (χ3v) is 3.78. The minimum atomic E-state index is -1.64. The number of hydrogen-bond acceptors (Lipinski definition) is 3. The van der Waals surface area contributed by atoms with Crippen LogP contribution in [0.25, 0.3) is 0 Å². The molecule has 0 spiro atoms. The van der Waals surface area contributed by atoms with Crippen LogP contribution in [0.4, 0.5) is 30.4 Å². The lowest BCUT2D eigenvalue weighted by Gasteiger charge is -2.18. The van der Waals surface area contributed by atoms with Crippen molar-refractivity contribution in [2.45, 2.75) is 0 Å². The van der Waals surface area contributed by atoms with Crippen molar-refractivity contribution in [3.8, 4) is 0 Å². The van der Waals surface area contributed by atoms with Crippen molar-refractivity contribution in [2.75, 3.05) is 17.3 Å². The maximum atomic E-state index is 13.7. The van der Waals surface area contributed by atoms with E-state index in [1.807, 2.05) is 30.3 Å². The first-order chi connectivity index (χ1) is 12.5. The Labute approximate surface area is 147 Å². The van der Waals surface area contributed by atoms with Crippen LogP contribution < -0.4 is 10.2 Å². The summed E-state index contributed by atoms with van der Waals surface area (Å²) in [5.74, 6) is -4.58. The summed E-state index contributed by atoms with van der Waals surface area (Å²) in [6.45, 7) is 0. The molecule has 1 aromatic heterocycles. The molecular formula is C19H14F3N3O. The van der Waals surface area contributed by atoms with Crippen LogP contribution in [0.5, 0.6) is 0 Å². The lowest BCUT2D eigenvalue weighted by molar-refractivity contribution is 0.102. The van der Waals surface area contributed by atoms with Gasteiger partial charge >= 0.3 is 0 Å². The van der Waals surface area contributed by atoms with E-state index in [4.69, 9.17) is 0 Å². The Morgan fingerprint density at radius 1 is 1.00 bits per heavy atom. The van der Waals surface area contributed by atoms with Crippen molar-refractivity contribution < 1.29 is 18.0 Å². The fourth-order valence-electron chi connectivity index (χ4n) is 2.34. The van der Waals surface area contributed by atoms with Crippen molar-refractivity contribution in [3.63, 3.8) is 0 Å². The van der Waals surface area contributed by atoms with Gasteiger partial charge in [-0.1, -0.05) is 18.2 Å². The molecule has 7 heteroatoms. The van der Waals surface area contributed by atoms with Crippen LogP contribution in [0.2, 0.25) is 0 Å². The number of nitrogens with zero attached hydrogens (tertiary/aromatic N) is 2. The minimum Gasteiger partial charge on any atom is -0.329 e. The zero-order valence-corrected chi connectivity index (χ0v) is 13.7. The third kappa shape index (κ3) is 3.51. The van der Waals surface area contributed by atoms with Gasteiger partial charge in [-0.15, -0.1) is 0 Å². The number of anilines is 3. The van der Waals surface area contributed by atoms with Gasteiger partial charge in [0.15, 0.2) is 17.5 Å². The molecule has 0 aliphatic carbocycles. The molecule has 26 heavy (non-hydrogen) atoms. The van der Waals surface area contributed by atoms with Crippen LogP contribution in [0.15, 0.2) is 60.8 Å². The van der Waals surface area contributed by atoms with Gasteiger partial charge in [0.2, 0.25) is 0 Å². The molecular weight excluding hydrogens is 343 g/mol. The molecule has 0 saturated heterocycles. The molecule has 0 unspecified atom stereocenters. The standard InChI is InChI=1S/C19H14F3N3O/c1-25(13-5-3-2-4-6-13)16-11-12(9-10-23-16)19(26)24-15-8-7-14(20)17(21)18(15)22/h2-11H,1H3,(H,24,26). The Hall–Kier alpha value is -3.35. The summed E-state index contributed by atoms with van der Waals surface area (Å²) < 4.78 is 40.0. The first kappa shape index (κ1) is 17.5. The third-order valence-electron chi connectivity index (χ3n) is 3.78. The van der Waals surface area contributed by atoms with Crippen LogP contribution in [0.1, 0.15) is 10.4 Å². The van der Waals surface area contributed by atoms with E-state index in [1.165, 1.54) is 18.3 Å². The zero-order valence-electron chi connectivity index (χ0n) is 13.7. The summed E-state index contributed by atoms with van der Waals surface area (Å²) in [6.07, 6.45) is 1.44. The summed E-state index contributed by atoms with van der Waals surface area (Å²) in [5.41, 5.74) is 0.620. The SMILES string of the molecule is CN(c1ccccc1)c1cc(C(=O)Nc2ccc(F)c(F)c2F)ccn1. The fraction of sp³-hybridized carbons (Fsp3) is 0.0526. The van der Waals surface area contributed by atoms with Gasteiger partial charge in [-0.05, 0) is 36.4 Å². The van der Waals surface area contributed by atoms with Gasteiger partial charge < -0.3 is 10.2 Å². The molecule has 2 aromatic carbocycles. The van der Waals surface area contributed by atoms with E-state index >= 15 is 0 Å². The number of carbonyl (C=O) groups excluding carboxylic acids is 1. The van der Waals surface area contributed by atoms with Crippen LogP contribution >= 0.6 is 0 Å². The van der Waals surface area contributed by atoms with Crippen molar-refractivity contribution in [2.24, 2.45) is 0 Å². The van der Waals surface area contributed by atoms with Crippen molar-refractivity contribution in [1.82, 2.24) is 4.98 Å². The van der Waals surface area contributed by atoms with Gasteiger partial charge in [0.1, 0.15) is 5.82 Å². The molecule has 1 amide bonds. The smallest absolute Gasteiger partial charge is 0.255 e. The molecule has 0 bridgehead atoms. The van der Waals surface area contributed by atoms with Crippen LogP contribution in [-0.2, 0) is 0 Å². The fourth-order valence-corrected chi connectivity index (χ4v) is 2.34. The maximum absolute atomic E-state index is 13.7. The molecule has 1 heterocycles. The normalized spacial score (nSPS) is 10.5. The Balaban J connectivity index is 1.84. The van der Waals surface area contributed by atoms with Crippen LogP contribution in [-0.4, -0.2) is 17.9 Å². The number of rotatable bonds is 4. The van der Waals surface area contributed by atoms with Gasteiger partial charge in [-0.2, -0.15) is 0 Å². The Morgan fingerprint density at radius 2 is 1.73 bits per heavy atom. The zero-order chi connectivity index (χ0) is 18.7. The lowest BCUT2D eigenvalue weighted by atomic mass is 10.2. The highest BCUT2D eigenvalue weighted by atomic mass is 19.2. The largest absolute Gasteiger partial charge is 0.329 e. The molecule has 0 fully saturated rings. The van der Waals surface area contributed by atoms with Crippen molar-refractivity contribution in [1.29, 1.82) is 0 Å². The Kier molecular flexibility index (Phi) is 4.88. The van der Waals surface area contributed by atoms with E-state index in [9.17, 15) is 18.0 Å². The number of benzene rings is 2. The molecule has 4 nitrogen and oxygen atoms in total. The van der Waals surface area contributed by atoms with Gasteiger partial charge in [0, 0.05) is 24.5 Å². The summed E-state index contributed by atoms with van der Waals surface area (Å²) >= 11 is 0. The summed E-state index contributed by atoms with van der Waals surface area (Å²) in [6, 6.07) is 14.0. The average molecular weight is 357 g/mol. The number of carbonyl (C=O) groups is 1. The van der Waals surface area contributed by atoms with E-state index in [0.29, 0.717) is 5.82 Å².